The maximum Gasteiger partial charge on any atom is 0.307 e. The molecule has 1 aliphatic carbocycles. The van der Waals surface area contributed by atoms with E-state index < -0.39 is 5.97 Å². The summed E-state index contributed by atoms with van der Waals surface area (Å²) in [4.78, 5) is 34.7. The van der Waals surface area contributed by atoms with Crippen molar-refractivity contribution in [1.29, 1.82) is 0 Å². The summed E-state index contributed by atoms with van der Waals surface area (Å²) in [6.45, 7) is 7.05. The van der Waals surface area contributed by atoms with Gasteiger partial charge in [0.2, 0.25) is 0 Å². The molecule has 0 saturated heterocycles. The van der Waals surface area contributed by atoms with Crippen LogP contribution in [0.1, 0.15) is 47.0 Å². The Morgan fingerprint density at radius 1 is 1.10 bits per heavy atom. The van der Waals surface area contributed by atoms with Gasteiger partial charge in [0.15, 0.2) is 11.6 Å². The first-order valence-electron chi connectivity index (χ1n) is 7.10. The quantitative estimate of drug-likeness (QED) is 0.602. The smallest absolute Gasteiger partial charge is 0.307 e. The molecule has 0 spiro atoms. The van der Waals surface area contributed by atoms with Crippen molar-refractivity contribution in [2.75, 3.05) is 0 Å². The first-order valence-corrected chi connectivity index (χ1v) is 7.10. The molecular weight excluding hydrogens is 268 g/mol. The van der Waals surface area contributed by atoms with Crippen molar-refractivity contribution in [3.8, 4) is 0 Å². The van der Waals surface area contributed by atoms with E-state index in [4.69, 9.17) is 5.11 Å². The lowest BCUT2D eigenvalue weighted by molar-refractivity contribution is -0.136. The Balaban J connectivity index is 2.71. The van der Waals surface area contributed by atoms with Crippen molar-refractivity contribution < 1.29 is 19.5 Å². The van der Waals surface area contributed by atoms with Crippen LogP contribution in [-0.2, 0) is 14.4 Å². The molecule has 1 rings (SSSR count). The summed E-state index contributed by atoms with van der Waals surface area (Å²) in [5.74, 6) is -0.774. The molecule has 0 aromatic heterocycles. The molecule has 0 saturated carbocycles. The van der Waals surface area contributed by atoms with Gasteiger partial charge >= 0.3 is 5.97 Å². The van der Waals surface area contributed by atoms with Gasteiger partial charge < -0.3 is 5.11 Å². The topological polar surface area (TPSA) is 71.4 Å². The van der Waals surface area contributed by atoms with Crippen LogP contribution >= 0.6 is 0 Å². The van der Waals surface area contributed by atoms with E-state index in [0.717, 1.165) is 0 Å². The average molecular weight is 290 g/mol. The summed E-state index contributed by atoms with van der Waals surface area (Å²) < 4.78 is 0. The molecule has 4 nitrogen and oxygen atoms in total. The number of carboxylic acids is 1. The lowest BCUT2D eigenvalue weighted by atomic mass is 9.83. The van der Waals surface area contributed by atoms with Gasteiger partial charge in [0.25, 0.3) is 0 Å². The Labute approximate surface area is 125 Å². The molecule has 0 aromatic carbocycles. The number of ketones is 2. The standard InChI is InChI=1S/C17H22O4/c1-10(6-5-7-15(18)19)8-9-14-13(4)16(20)11(2)12(3)17(14)21/h5-6,10H,7-9H2,1-4H3,(H,18,19). The van der Waals surface area contributed by atoms with Crippen LogP contribution in [0.15, 0.2) is 34.4 Å². The summed E-state index contributed by atoms with van der Waals surface area (Å²) in [5.41, 5.74) is 2.22. The van der Waals surface area contributed by atoms with Gasteiger partial charge in [0.1, 0.15) is 0 Å². The number of hydrogen-bond acceptors (Lipinski definition) is 3. The highest BCUT2D eigenvalue weighted by atomic mass is 16.4. The predicted octanol–water partition coefficient (Wildman–Crippen LogP) is 3.24. The zero-order valence-corrected chi connectivity index (χ0v) is 13.0. The second-order valence-corrected chi connectivity index (χ2v) is 5.55. The van der Waals surface area contributed by atoms with Crippen LogP contribution in [0.2, 0.25) is 0 Å². The Bertz CT molecular complexity index is 561. The van der Waals surface area contributed by atoms with E-state index in [1.165, 1.54) is 0 Å². The van der Waals surface area contributed by atoms with Gasteiger partial charge in [-0.25, -0.2) is 0 Å². The van der Waals surface area contributed by atoms with E-state index in [1.54, 1.807) is 26.8 Å². The largest absolute Gasteiger partial charge is 0.481 e. The number of Topliss-reactive ketones (excluding diaryl/α,β-unsaturated/α-hetero) is 2. The van der Waals surface area contributed by atoms with Crippen LogP contribution in [0.25, 0.3) is 0 Å². The molecule has 1 aliphatic rings. The Morgan fingerprint density at radius 3 is 2.24 bits per heavy atom. The number of carbonyl (C=O) groups is 3. The van der Waals surface area contributed by atoms with Gasteiger partial charge in [-0.2, -0.15) is 0 Å². The number of carbonyl (C=O) groups excluding carboxylic acids is 2. The number of hydrogen-bond donors (Lipinski definition) is 1. The number of carboxylic acid groups (broad SMARTS) is 1. The molecule has 0 aromatic rings. The predicted molar refractivity (Wildman–Crippen MR) is 80.9 cm³/mol. The number of rotatable bonds is 6. The van der Waals surface area contributed by atoms with Gasteiger partial charge in [-0.3, -0.25) is 14.4 Å². The van der Waals surface area contributed by atoms with Gasteiger partial charge in [-0.15, -0.1) is 0 Å². The van der Waals surface area contributed by atoms with Crippen LogP contribution < -0.4 is 0 Å². The lowest BCUT2D eigenvalue weighted by Crippen LogP contribution is -2.21. The molecule has 0 aliphatic heterocycles. The minimum absolute atomic E-state index is 0.00449. The molecule has 114 valence electrons. The van der Waals surface area contributed by atoms with E-state index in [2.05, 4.69) is 0 Å². The highest BCUT2D eigenvalue weighted by molar-refractivity contribution is 6.24. The van der Waals surface area contributed by atoms with E-state index in [0.29, 0.717) is 35.1 Å². The van der Waals surface area contributed by atoms with Crippen molar-refractivity contribution in [3.05, 3.63) is 34.4 Å². The van der Waals surface area contributed by atoms with E-state index in [1.807, 2.05) is 13.0 Å². The van der Waals surface area contributed by atoms with Crippen molar-refractivity contribution in [3.63, 3.8) is 0 Å². The fourth-order valence-corrected chi connectivity index (χ4v) is 2.33. The second-order valence-electron chi connectivity index (χ2n) is 5.55. The van der Waals surface area contributed by atoms with Crippen LogP contribution in [0.3, 0.4) is 0 Å². The van der Waals surface area contributed by atoms with Crippen LogP contribution in [0.5, 0.6) is 0 Å². The summed E-state index contributed by atoms with van der Waals surface area (Å²) in [6.07, 6.45) is 4.72. The molecule has 0 heterocycles. The van der Waals surface area contributed by atoms with Crippen LogP contribution in [-0.4, -0.2) is 22.6 Å². The zero-order valence-electron chi connectivity index (χ0n) is 13.0. The zero-order chi connectivity index (χ0) is 16.2. The van der Waals surface area contributed by atoms with Crippen LogP contribution in [0.4, 0.5) is 0 Å². The first kappa shape index (κ1) is 17.1. The first-order chi connectivity index (χ1) is 9.75. The summed E-state index contributed by atoms with van der Waals surface area (Å²) in [7, 11) is 0. The van der Waals surface area contributed by atoms with Crippen molar-refractivity contribution in [1.82, 2.24) is 0 Å². The van der Waals surface area contributed by atoms with Crippen molar-refractivity contribution in [2.24, 2.45) is 5.92 Å². The molecule has 1 unspecified atom stereocenters. The van der Waals surface area contributed by atoms with Crippen LogP contribution in [0, 0.1) is 5.92 Å². The molecule has 21 heavy (non-hydrogen) atoms. The molecule has 0 bridgehead atoms. The minimum atomic E-state index is -0.860. The number of aliphatic carboxylic acids is 1. The lowest BCUT2D eigenvalue weighted by Gasteiger charge is -2.19. The molecule has 4 heteroatoms. The highest BCUT2D eigenvalue weighted by Gasteiger charge is 2.27. The number of allylic oxidation sites excluding steroid dienone is 5. The van der Waals surface area contributed by atoms with Crippen molar-refractivity contribution >= 4 is 17.5 Å². The molecule has 0 radical (unpaired) electrons. The monoisotopic (exact) mass is 290 g/mol. The third-order valence-corrected chi connectivity index (χ3v) is 3.92. The summed E-state index contributed by atoms with van der Waals surface area (Å²) in [6, 6.07) is 0. The SMILES string of the molecule is CC1=C(C)C(=O)C(CCC(C)C=CCC(=O)O)=C(C)C1=O. The fraction of sp³-hybridized carbons (Fsp3) is 0.471. The van der Waals surface area contributed by atoms with Gasteiger partial charge in [0.05, 0.1) is 6.42 Å². The molecule has 1 atom stereocenters. The van der Waals surface area contributed by atoms with Gasteiger partial charge in [-0.1, -0.05) is 19.1 Å². The normalized spacial score (nSPS) is 17.9. The molecule has 0 amide bonds. The third-order valence-electron chi connectivity index (χ3n) is 3.92. The fourth-order valence-electron chi connectivity index (χ4n) is 2.33. The third kappa shape index (κ3) is 4.25. The van der Waals surface area contributed by atoms with E-state index in [-0.39, 0.29) is 23.9 Å². The van der Waals surface area contributed by atoms with Gasteiger partial charge in [-0.05, 0) is 39.5 Å². The minimum Gasteiger partial charge on any atom is -0.481 e. The van der Waals surface area contributed by atoms with E-state index >= 15 is 0 Å². The maximum absolute atomic E-state index is 12.2. The average Bonchev–Trinajstić information content (AvgIpc) is 2.42. The molecular formula is C17H22O4. The Hall–Kier alpha value is -1.97. The Kier molecular flexibility index (Phi) is 5.82. The highest BCUT2D eigenvalue weighted by Crippen LogP contribution is 2.28. The second kappa shape index (κ2) is 7.16. The van der Waals surface area contributed by atoms with Crippen molar-refractivity contribution in [2.45, 2.75) is 47.0 Å². The maximum atomic E-state index is 12.2. The van der Waals surface area contributed by atoms with E-state index in [9.17, 15) is 14.4 Å². The molecule has 0 fully saturated rings. The summed E-state index contributed by atoms with van der Waals surface area (Å²) >= 11 is 0. The summed E-state index contributed by atoms with van der Waals surface area (Å²) in [5, 5.41) is 8.57. The van der Waals surface area contributed by atoms with Gasteiger partial charge in [0, 0.05) is 22.3 Å². The Morgan fingerprint density at radius 2 is 1.67 bits per heavy atom. The molecule has 1 N–H and O–H groups in total.